The summed E-state index contributed by atoms with van der Waals surface area (Å²) in [6, 6.07) is 35.0. The number of rotatable bonds is 2. The molecule has 42 heavy (non-hydrogen) atoms. The monoisotopic (exact) mass is 537 g/mol. The zero-order valence-electron chi connectivity index (χ0n) is 22.8. The second kappa shape index (κ2) is 8.11. The molecule has 0 saturated heterocycles. The van der Waals surface area contributed by atoms with Crippen molar-refractivity contribution in [3.63, 3.8) is 0 Å². The second-order valence-corrected chi connectivity index (χ2v) is 11.3. The van der Waals surface area contributed by atoms with Crippen LogP contribution in [-0.4, -0.2) is 25.8 Å². The number of hydrogen-bond acceptors (Lipinski definition) is 3. The van der Waals surface area contributed by atoms with E-state index >= 15 is 0 Å². The maximum atomic E-state index is 4.92. The van der Waals surface area contributed by atoms with Gasteiger partial charge in [-0.2, -0.15) is 0 Å². The van der Waals surface area contributed by atoms with Crippen molar-refractivity contribution in [2.45, 2.75) is 12.8 Å². The van der Waals surface area contributed by atoms with Crippen molar-refractivity contribution in [3.05, 3.63) is 120 Å². The minimum absolute atomic E-state index is 0.0391. The fourth-order valence-electron chi connectivity index (χ4n) is 7.73. The van der Waals surface area contributed by atoms with Crippen molar-refractivity contribution in [2.75, 3.05) is 4.90 Å². The third-order valence-electron chi connectivity index (χ3n) is 9.27. The van der Waals surface area contributed by atoms with Crippen LogP contribution < -0.4 is 31.9 Å². The molecule has 6 heteroatoms. The summed E-state index contributed by atoms with van der Waals surface area (Å²) >= 11 is 0. The molecule has 7 aromatic rings. The average Bonchev–Trinajstić information content (AvgIpc) is 3.58. The van der Waals surface area contributed by atoms with E-state index in [9.17, 15) is 0 Å². The maximum Gasteiger partial charge on any atom is 0.255 e. The Labute approximate surface area is 242 Å². The van der Waals surface area contributed by atoms with E-state index in [1.807, 2.05) is 6.20 Å². The summed E-state index contributed by atoms with van der Waals surface area (Å²) in [5.41, 5.74) is 10.9. The van der Waals surface area contributed by atoms with E-state index in [1.165, 1.54) is 60.7 Å². The van der Waals surface area contributed by atoms with Crippen LogP contribution in [0.4, 0.5) is 17.1 Å². The molecule has 0 spiro atoms. The first-order valence-electron chi connectivity index (χ1n) is 14.6. The Morgan fingerprint density at radius 3 is 2.26 bits per heavy atom. The molecule has 3 aromatic heterocycles. The highest BCUT2D eigenvalue weighted by atomic mass is 15.2. The van der Waals surface area contributed by atoms with Crippen LogP contribution in [0.15, 0.2) is 110 Å². The molecule has 5 nitrogen and oxygen atoms in total. The number of anilines is 3. The molecule has 1 aliphatic carbocycles. The van der Waals surface area contributed by atoms with Crippen LogP contribution in [0.1, 0.15) is 12.8 Å². The van der Waals surface area contributed by atoms with Crippen molar-refractivity contribution >= 4 is 74.3 Å². The standard InChI is InChI=1S/C36H24BN5/c1-3-11-23(12-4-1)40-30-18-10-8-16-28(30)37-32-27-21-38-22-39-35(27)41(24-13-5-2-6-14-24)36(32)42-29-17-9-7-15-25(29)26-19-20-31(40)33(37)34(26)42/h1-6,8,10-22H,7,9H2. The average molecular weight is 537 g/mol. The molecule has 0 unspecified atom stereocenters. The van der Waals surface area contributed by atoms with Gasteiger partial charge in [-0.1, -0.05) is 72.8 Å². The summed E-state index contributed by atoms with van der Waals surface area (Å²) in [6.07, 6.45) is 10.7. The summed E-state index contributed by atoms with van der Waals surface area (Å²) in [6.45, 7) is 0.0391. The van der Waals surface area contributed by atoms with Crippen LogP contribution in [0.5, 0.6) is 0 Å². The Morgan fingerprint density at radius 1 is 0.643 bits per heavy atom. The minimum atomic E-state index is 0.0391. The number of aromatic nitrogens is 4. The topological polar surface area (TPSA) is 38.9 Å². The molecule has 0 radical (unpaired) electrons. The molecule has 0 atom stereocenters. The van der Waals surface area contributed by atoms with E-state index in [1.54, 1.807) is 6.33 Å². The lowest BCUT2D eigenvalue weighted by Crippen LogP contribution is -2.60. The van der Waals surface area contributed by atoms with Crippen LogP contribution in [-0.2, 0) is 0 Å². The van der Waals surface area contributed by atoms with Crippen molar-refractivity contribution < 1.29 is 0 Å². The van der Waals surface area contributed by atoms with Gasteiger partial charge in [0.05, 0.1) is 10.9 Å². The lowest BCUT2D eigenvalue weighted by atomic mass is 9.34. The van der Waals surface area contributed by atoms with Gasteiger partial charge in [0.15, 0.2) is 0 Å². The first-order valence-corrected chi connectivity index (χ1v) is 14.6. The Hall–Kier alpha value is -5.36. The van der Waals surface area contributed by atoms with Crippen molar-refractivity contribution in [3.8, 4) is 11.5 Å². The Kier molecular flexibility index (Phi) is 4.31. The molecule has 196 valence electrons. The molecule has 0 N–H and O–H groups in total. The third-order valence-corrected chi connectivity index (χ3v) is 9.27. The van der Waals surface area contributed by atoms with Gasteiger partial charge >= 0.3 is 0 Å². The van der Waals surface area contributed by atoms with E-state index < -0.39 is 0 Å². The number of para-hydroxylation sites is 3. The fraction of sp³-hybridized carbons (Fsp3) is 0.0556. The molecule has 0 bridgehead atoms. The van der Waals surface area contributed by atoms with Crippen molar-refractivity contribution in [1.82, 2.24) is 19.1 Å². The molecule has 2 aliphatic heterocycles. The highest BCUT2D eigenvalue weighted by molar-refractivity contribution is 7.01. The number of nitrogens with zero attached hydrogens (tertiary/aromatic N) is 5. The molecule has 0 fully saturated rings. The summed E-state index contributed by atoms with van der Waals surface area (Å²) in [5, 5.41) is 5.04. The summed E-state index contributed by atoms with van der Waals surface area (Å²) in [7, 11) is 0. The van der Waals surface area contributed by atoms with Crippen LogP contribution in [0, 0.1) is 0 Å². The smallest absolute Gasteiger partial charge is 0.255 e. The quantitative estimate of drug-likeness (QED) is 0.308. The zero-order valence-corrected chi connectivity index (χ0v) is 22.8. The second-order valence-electron chi connectivity index (χ2n) is 11.3. The van der Waals surface area contributed by atoms with E-state index in [4.69, 9.17) is 4.98 Å². The predicted molar refractivity (Wildman–Crippen MR) is 172 cm³/mol. The summed E-state index contributed by atoms with van der Waals surface area (Å²) < 4.78 is 4.90. The van der Waals surface area contributed by atoms with Crippen molar-refractivity contribution in [2.24, 2.45) is 0 Å². The van der Waals surface area contributed by atoms with Gasteiger partial charge in [-0.3, -0.25) is 9.13 Å². The van der Waals surface area contributed by atoms with Gasteiger partial charge < -0.3 is 4.90 Å². The molecule has 0 amide bonds. The Balaban J connectivity index is 1.47. The summed E-state index contributed by atoms with van der Waals surface area (Å²) in [4.78, 5) is 11.9. The molecule has 3 aliphatic rings. The number of fused-ring (bicyclic) bond motifs is 10. The summed E-state index contributed by atoms with van der Waals surface area (Å²) in [5.74, 6) is 1.17. The van der Waals surface area contributed by atoms with Gasteiger partial charge in [0, 0.05) is 44.9 Å². The van der Waals surface area contributed by atoms with Crippen LogP contribution in [0.25, 0.3) is 45.6 Å². The van der Waals surface area contributed by atoms with Gasteiger partial charge in [-0.05, 0) is 65.6 Å². The first kappa shape index (κ1) is 22.3. The Morgan fingerprint density at radius 2 is 1.40 bits per heavy atom. The van der Waals surface area contributed by atoms with Gasteiger partial charge in [0.2, 0.25) is 0 Å². The predicted octanol–water partition coefficient (Wildman–Crippen LogP) is 4.33. The van der Waals surface area contributed by atoms with Crippen LogP contribution >= 0.6 is 0 Å². The first-order chi connectivity index (χ1) is 20.9. The van der Waals surface area contributed by atoms with Gasteiger partial charge in [-0.25, -0.2) is 9.97 Å². The van der Waals surface area contributed by atoms with Crippen LogP contribution in [0.2, 0.25) is 0 Å². The lowest BCUT2D eigenvalue weighted by Gasteiger charge is -2.39. The zero-order chi connectivity index (χ0) is 27.4. The molecule has 5 heterocycles. The number of benzene rings is 4. The fourth-order valence-corrected chi connectivity index (χ4v) is 7.73. The van der Waals surface area contributed by atoms with Gasteiger partial charge in [0.1, 0.15) is 17.8 Å². The van der Waals surface area contributed by atoms with Gasteiger partial charge in [0.25, 0.3) is 6.71 Å². The SMILES string of the molecule is C1=c2c(n3c4c5c(ccc24)N(c2ccccc2)c2ccccc2B5c2c-3n(-c3ccccc3)c3ncncc23)=CCC1. The lowest BCUT2D eigenvalue weighted by molar-refractivity contribution is 0.933. The molecular formula is C36H24BN5. The number of hydrogen-bond donors (Lipinski definition) is 0. The van der Waals surface area contributed by atoms with E-state index in [0.717, 1.165) is 29.6 Å². The normalized spacial score (nSPS) is 14.3. The van der Waals surface area contributed by atoms with Crippen LogP contribution in [0.3, 0.4) is 0 Å². The Bertz CT molecular complexity index is 2370. The molecular weight excluding hydrogens is 513 g/mol. The molecule has 10 rings (SSSR count). The minimum Gasteiger partial charge on any atom is -0.311 e. The largest absolute Gasteiger partial charge is 0.311 e. The van der Waals surface area contributed by atoms with Crippen molar-refractivity contribution in [1.29, 1.82) is 0 Å². The highest BCUT2D eigenvalue weighted by Crippen LogP contribution is 2.40. The molecule has 4 aromatic carbocycles. The molecule has 0 saturated carbocycles. The van der Waals surface area contributed by atoms with E-state index in [0.29, 0.717) is 0 Å². The third kappa shape index (κ3) is 2.69. The van der Waals surface area contributed by atoms with Gasteiger partial charge in [-0.15, -0.1) is 0 Å². The maximum absolute atomic E-state index is 4.92. The highest BCUT2D eigenvalue weighted by Gasteiger charge is 2.44. The van der Waals surface area contributed by atoms with E-state index in [2.05, 4.69) is 128 Å². The van der Waals surface area contributed by atoms with E-state index in [-0.39, 0.29) is 6.71 Å².